The van der Waals surface area contributed by atoms with Gasteiger partial charge < -0.3 is 20.5 Å². The zero-order chi connectivity index (χ0) is 14.7. The highest BCUT2D eigenvalue weighted by Gasteiger charge is 2.27. The average molecular weight is 327 g/mol. The first-order valence-corrected chi connectivity index (χ1v) is 7.64. The number of hydrogen-bond acceptors (Lipinski definition) is 4. The molecule has 1 aliphatic carbocycles. The molecule has 3 N–H and O–H groups in total. The molecule has 1 aromatic carbocycles. The van der Waals surface area contributed by atoms with Crippen LogP contribution in [-0.4, -0.2) is 31.7 Å². The number of carbonyl (C=O) groups excluding carboxylic acids is 1. The van der Waals surface area contributed by atoms with Crippen molar-refractivity contribution in [3.63, 3.8) is 0 Å². The molecule has 1 aromatic rings. The molecule has 6 heteroatoms. The largest absolute Gasteiger partial charge is 0.486 e. The first-order valence-electron chi connectivity index (χ1n) is 7.64. The van der Waals surface area contributed by atoms with Crippen LogP contribution < -0.4 is 20.5 Å². The van der Waals surface area contributed by atoms with Crippen LogP contribution in [-0.2, 0) is 11.2 Å². The lowest BCUT2D eigenvalue weighted by molar-refractivity contribution is -0.124. The van der Waals surface area contributed by atoms with Crippen LogP contribution in [0.5, 0.6) is 11.5 Å². The van der Waals surface area contributed by atoms with Gasteiger partial charge in [-0.3, -0.25) is 4.79 Å². The van der Waals surface area contributed by atoms with Gasteiger partial charge in [0.2, 0.25) is 5.91 Å². The van der Waals surface area contributed by atoms with Crippen molar-refractivity contribution in [3.8, 4) is 11.5 Å². The van der Waals surface area contributed by atoms with Crippen molar-refractivity contribution in [1.29, 1.82) is 0 Å². The lowest BCUT2D eigenvalue weighted by Crippen LogP contribution is -2.31. The van der Waals surface area contributed by atoms with Gasteiger partial charge in [0.05, 0.1) is 0 Å². The fourth-order valence-corrected chi connectivity index (χ4v) is 2.97. The fourth-order valence-electron chi connectivity index (χ4n) is 2.97. The maximum absolute atomic E-state index is 12.0. The molecule has 1 saturated carbocycles. The van der Waals surface area contributed by atoms with E-state index in [0.717, 1.165) is 42.7 Å². The molecule has 2 aliphatic rings. The third kappa shape index (κ3) is 4.05. The fraction of sp³-hybridized carbons (Fsp3) is 0.562. The lowest BCUT2D eigenvalue weighted by Gasteiger charge is -2.19. The topological polar surface area (TPSA) is 73.6 Å². The number of fused-ring (bicyclic) bond motifs is 1. The summed E-state index contributed by atoms with van der Waals surface area (Å²) in [7, 11) is 0. The van der Waals surface area contributed by atoms with Crippen LogP contribution in [0, 0.1) is 5.92 Å². The Morgan fingerprint density at radius 1 is 1.23 bits per heavy atom. The van der Waals surface area contributed by atoms with Crippen molar-refractivity contribution in [2.75, 3.05) is 19.8 Å². The van der Waals surface area contributed by atoms with Gasteiger partial charge in [-0.2, -0.15) is 0 Å². The molecule has 1 aliphatic heterocycles. The van der Waals surface area contributed by atoms with Gasteiger partial charge in [-0.25, -0.2) is 0 Å². The van der Waals surface area contributed by atoms with E-state index in [-0.39, 0.29) is 30.3 Å². The predicted octanol–water partition coefficient (Wildman–Crippen LogP) is 1.67. The molecule has 0 radical (unpaired) electrons. The maximum atomic E-state index is 12.0. The minimum absolute atomic E-state index is 0. The van der Waals surface area contributed by atoms with Crippen LogP contribution in [0.4, 0.5) is 0 Å². The van der Waals surface area contributed by atoms with Crippen LogP contribution in [0.15, 0.2) is 18.2 Å². The zero-order valence-electron chi connectivity index (χ0n) is 12.5. The Kier molecular flexibility index (Phi) is 5.91. The molecular weight excluding hydrogens is 304 g/mol. The van der Waals surface area contributed by atoms with Crippen LogP contribution in [0.25, 0.3) is 0 Å². The number of halogens is 1. The summed E-state index contributed by atoms with van der Waals surface area (Å²) in [5.41, 5.74) is 6.98. The monoisotopic (exact) mass is 326 g/mol. The summed E-state index contributed by atoms with van der Waals surface area (Å²) in [5, 5.41) is 3.01. The van der Waals surface area contributed by atoms with Crippen molar-refractivity contribution < 1.29 is 14.3 Å². The highest BCUT2D eigenvalue weighted by molar-refractivity contribution is 5.85. The zero-order valence-corrected chi connectivity index (χ0v) is 13.4. The van der Waals surface area contributed by atoms with Crippen molar-refractivity contribution >= 4 is 18.3 Å². The number of hydrogen-bond donors (Lipinski definition) is 2. The number of nitrogens with one attached hydrogen (secondary N) is 1. The van der Waals surface area contributed by atoms with Crippen LogP contribution >= 0.6 is 12.4 Å². The molecule has 3 rings (SSSR count). The Morgan fingerprint density at radius 2 is 2.00 bits per heavy atom. The van der Waals surface area contributed by atoms with Crippen LogP contribution in [0.3, 0.4) is 0 Å². The second-order valence-electron chi connectivity index (χ2n) is 5.79. The Morgan fingerprint density at radius 3 is 2.73 bits per heavy atom. The molecule has 122 valence electrons. The number of carbonyl (C=O) groups is 1. The van der Waals surface area contributed by atoms with Gasteiger partial charge in [-0.15, -0.1) is 12.4 Å². The molecule has 5 nitrogen and oxygen atoms in total. The van der Waals surface area contributed by atoms with Crippen molar-refractivity contribution in [2.24, 2.45) is 11.7 Å². The summed E-state index contributed by atoms with van der Waals surface area (Å²) < 4.78 is 11.1. The van der Waals surface area contributed by atoms with Crippen molar-refractivity contribution in [1.82, 2.24) is 5.32 Å². The average Bonchev–Trinajstić information content (AvgIpc) is 2.94. The Bertz CT molecular complexity index is 524. The number of benzene rings is 1. The second kappa shape index (κ2) is 7.70. The number of nitrogens with two attached hydrogens (primary N) is 1. The Hall–Kier alpha value is -1.46. The minimum atomic E-state index is 0. The number of ether oxygens (including phenoxy) is 2. The highest BCUT2D eigenvalue weighted by Crippen LogP contribution is 2.30. The van der Waals surface area contributed by atoms with E-state index >= 15 is 0 Å². The summed E-state index contributed by atoms with van der Waals surface area (Å²) >= 11 is 0. The van der Waals surface area contributed by atoms with Crippen LogP contribution in [0.2, 0.25) is 0 Å². The molecule has 0 bridgehead atoms. The van der Waals surface area contributed by atoms with E-state index in [0.29, 0.717) is 19.8 Å². The quantitative estimate of drug-likeness (QED) is 0.882. The first-order chi connectivity index (χ1) is 10.2. The molecule has 1 fully saturated rings. The standard InChI is InChI=1S/C16H22N2O3.ClH/c17-13-3-2-12(10-13)16(19)18-6-5-11-1-4-14-15(9-11)21-8-7-20-14;/h1,4,9,12-13H,2-3,5-8,10,17H2,(H,18,19);1H. The van der Waals surface area contributed by atoms with Crippen LogP contribution in [0.1, 0.15) is 24.8 Å². The van der Waals surface area contributed by atoms with Crippen molar-refractivity contribution in [2.45, 2.75) is 31.7 Å². The SMILES string of the molecule is Cl.NC1CCC(C(=O)NCCc2ccc3c(c2)OCCO3)C1. The van der Waals surface area contributed by atoms with Gasteiger partial charge in [0, 0.05) is 18.5 Å². The number of amides is 1. The van der Waals surface area contributed by atoms with E-state index in [1.165, 1.54) is 0 Å². The molecule has 0 spiro atoms. The van der Waals surface area contributed by atoms with Gasteiger partial charge in [0.25, 0.3) is 0 Å². The molecule has 2 unspecified atom stereocenters. The lowest BCUT2D eigenvalue weighted by atomic mass is 10.1. The van der Waals surface area contributed by atoms with E-state index < -0.39 is 0 Å². The van der Waals surface area contributed by atoms with E-state index in [2.05, 4.69) is 5.32 Å². The van der Waals surface area contributed by atoms with E-state index in [1.54, 1.807) is 0 Å². The highest BCUT2D eigenvalue weighted by atomic mass is 35.5. The van der Waals surface area contributed by atoms with E-state index in [1.807, 2.05) is 18.2 Å². The summed E-state index contributed by atoms with van der Waals surface area (Å²) in [6.45, 7) is 1.84. The van der Waals surface area contributed by atoms with E-state index in [9.17, 15) is 4.79 Å². The molecule has 2 atom stereocenters. The second-order valence-corrected chi connectivity index (χ2v) is 5.79. The third-order valence-corrected chi connectivity index (χ3v) is 4.16. The Labute approximate surface area is 137 Å². The molecule has 1 heterocycles. The smallest absolute Gasteiger partial charge is 0.223 e. The van der Waals surface area contributed by atoms with Gasteiger partial charge >= 0.3 is 0 Å². The molecule has 0 aromatic heterocycles. The molecule has 1 amide bonds. The van der Waals surface area contributed by atoms with Crippen molar-refractivity contribution in [3.05, 3.63) is 23.8 Å². The van der Waals surface area contributed by atoms with Gasteiger partial charge in [-0.05, 0) is 43.4 Å². The normalized spacial score (nSPS) is 22.8. The molecular formula is C16H23ClN2O3. The van der Waals surface area contributed by atoms with Gasteiger partial charge in [0.1, 0.15) is 13.2 Å². The maximum Gasteiger partial charge on any atom is 0.223 e. The minimum Gasteiger partial charge on any atom is -0.486 e. The molecule has 22 heavy (non-hydrogen) atoms. The Balaban J connectivity index is 0.00000176. The summed E-state index contributed by atoms with van der Waals surface area (Å²) in [6.07, 6.45) is 3.48. The van der Waals surface area contributed by atoms with E-state index in [4.69, 9.17) is 15.2 Å². The number of rotatable bonds is 4. The van der Waals surface area contributed by atoms with Gasteiger partial charge in [0.15, 0.2) is 11.5 Å². The summed E-state index contributed by atoms with van der Waals surface area (Å²) in [5.74, 6) is 1.83. The first kappa shape index (κ1) is 16.9. The summed E-state index contributed by atoms with van der Waals surface area (Å²) in [4.78, 5) is 12.0. The third-order valence-electron chi connectivity index (χ3n) is 4.16. The van der Waals surface area contributed by atoms with Gasteiger partial charge in [-0.1, -0.05) is 6.07 Å². The summed E-state index contributed by atoms with van der Waals surface area (Å²) in [6, 6.07) is 6.14. The molecule has 0 saturated heterocycles. The predicted molar refractivity (Wildman–Crippen MR) is 86.7 cm³/mol.